The van der Waals surface area contributed by atoms with E-state index in [-0.39, 0.29) is 0 Å². The lowest BCUT2D eigenvalue weighted by Crippen LogP contribution is -2.40. The van der Waals surface area contributed by atoms with Crippen LogP contribution in [0.2, 0.25) is 0 Å². The fourth-order valence-corrected chi connectivity index (χ4v) is 1.93. The largest absolute Gasteiger partial charge is 0.497 e. The van der Waals surface area contributed by atoms with Crippen LogP contribution in [0.15, 0.2) is 24.3 Å². The van der Waals surface area contributed by atoms with E-state index in [1.807, 2.05) is 0 Å². The minimum absolute atomic E-state index is 0.327. The minimum Gasteiger partial charge on any atom is -0.497 e. The van der Waals surface area contributed by atoms with Crippen LogP contribution in [0.1, 0.15) is 23.8 Å². The van der Waals surface area contributed by atoms with Crippen LogP contribution in [0.4, 0.5) is 0 Å². The Morgan fingerprint density at radius 1 is 1.40 bits per heavy atom. The maximum atomic E-state index is 12.0. The highest BCUT2D eigenvalue weighted by atomic mass is 16.5. The molecular weight excluding hydrogens is 260 g/mol. The molecule has 1 atom stereocenters. The summed E-state index contributed by atoms with van der Waals surface area (Å²) in [5.41, 5.74) is 1.12. The molecule has 0 radical (unpaired) electrons. The second-order valence-electron chi connectivity index (χ2n) is 4.41. The molecule has 2 aromatic rings. The Morgan fingerprint density at radius 2 is 2.15 bits per heavy atom. The predicted molar refractivity (Wildman–Crippen MR) is 74.0 cm³/mol. The molecule has 1 heterocycles. The Bertz CT molecular complexity index is 648. The summed E-state index contributed by atoms with van der Waals surface area (Å²) in [6.45, 7) is 1.70. The van der Waals surface area contributed by atoms with Gasteiger partial charge in [-0.1, -0.05) is 6.92 Å². The molecule has 0 aliphatic rings. The maximum Gasteiger partial charge on any atom is 0.326 e. The lowest BCUT2D eigenvalue weighted by Gasteiger charge is -2.10. The van der Waals surface area contributed by atoms with Crippen LogP contribution >= 0.6 is 0 Å². The SMILES string of the molecule is CCC(NC(=O)c1cc2cc(OC)ccc2[nH]1)C(=O)O. The summed E-state index contributed by atoms with van der Waals surface area (Å²) in [7, 11) is 1.57. The van der Waals surface area contributed by atoms with E-state index in [9.17, 15) is 9.59 Å². The van der Waals surface area contributed by atoms with E-state index in [0.29, 0.717) is 17.9 Å². The molecule has 0 fully saturated rings. The highest BCUT2D eigenvalue weighted by Gasteiger charge is 2.19. The summed E-state index contributed by atoms with van der Waals surface area (Å²) in [4.78, 5) is 25.9. The molecule has 20 heavy (non-hydrogen) atoms. The highest BCUT2D eigenvalue weighted by Crippen LogP contribution is 2.21. The monoisotopic (exact) mass is 276 g/mol. The normalized spacial score (nSPS) is 12.1. The first kappa shape index (κ1) is 13.9. The lowest BCUT2D eigenvalue weighted by atomic mass is 10.2. The number of amides is 1. The number of hydrogen-bond donors (Lipinski definition) is 3. The molecule has 1 aromatic carbocycles. The molecule has 3 N–H and O–H groups in total. The standard InChI is InChI=1S/C14H16N2O4/c1-3-10(14(18)19)16-13(17)12-7-8-6-9(20-2)4-5-11(8)15-12/h4-7,10,15H,3H2,1-2H3,(H,16,17)(H,18,19). The third-order valence-corrected chi connectivity index (χ3v) is 3.08. The van der Waals surface area contributed by atoms with Gasteiger partial charge in [0.25, 0.3) is 5.91 Å². The molecule has 0 aliphatic carbocycles. The molecule has 0 aliphatic heterocycles. The number of aromatic nitrogens is 1. The van der Waals surface area contributed by atoms with Gasteiger partial charge < -0.3 is 20.1 Å². The number of aliphatic carboxylic acids is 1. The van der Waals surface area contributed by atoms with E-state index >= 15 is 0 Å². The Morgan fingerprint density at radius 3 is 2.75 bits per heavy atom. The van der Waals surface area contributed by atoms with E-state index in [0.717, 1.165) is 10.9 Å². The molecule has 1 unspecified atom stereocenters. The van der Waals surface area contributed by atoms with Crippen molar-refractivity contribution in [3.8, 4) is 5.75 Å². The molecule has 6 nitrogen and oxygen atoms in total. The minimum atomic E-state index is -1.04. The van der Waals surface area contributed by atoms with Crippen molar-refractivity contribution < 1.29 is 19.4 Å². The van der Waals surface area contributed by atoms with Crippen LogP contribution in [-0.2, 0) is 4.79 Å². The lowest BCUT2D eigenvalue weighted by molar-refractivity contribution is -0.139. The second-order valence-corrected chi connectivity index (χ2v) is 4.41. The number of H-pyrrole nitrogens is 1. The number of fused-ring (bicyclic) bond motifs is 1. The first-order chi connectivity index (χ1) is 9.55. The van der Waals surface area contributed by atoms with E-state index in [4.69, 9.17) is 9.84 Å². The van der Waals surface area contributed by atoms with Crippen molar-refractivity contribution in [2.45, 2.75) is 19.4 Å². The molecule has 106 valence electrons. The first-order valence-corrected chi connectivity index (χ1v) is 6.25. The number of aromatic amines is 1. The van der Waals surface area contributed by atoms with E-state index < -0.39 is 17.9 Å². The van der Waals surface area contributed by atoms with Gasteiger partial charge in [-0.3, -0.25) is 4.79 Å². The van der Waals surface area contributed by atoms with Crippen LogP contribution in [0.5, 0.6) is 5.75 Å². The Hall–Kier alpha value is -2.50. The fourth-order valence-electron chi connectivity index (χ4n) is 1.93. The average Bonchev–Trinajstić information content (AvgIpc) is 2.86. The number of carbonyl (C=O) groups is 2. The molecule has 1 aromatic heterocycles. The molecule has 0 saturated carbocycles. The van der Waals surface area contributed by atoms with Gasteiger partial charge in [0, 0.05) is 10.9 Å². The van der Waals surface area contributed by atoms with Gasteiger partial charge in [0.15, 0.2) is 0 Å². The van der Waals surface area contributed by atoms with Crippen molar-refractivity contribution in [2.75, 3.05) is 7.11 Å². The number of rotatable bonds is 5. The zero-order chi connectivity index (χ0) is 14.7. The van der Waals surface area contributed by atoms with Gasteiger partial charge in [-0.15, -0.1) is 0 Å². The molecule has 0 bridgehead atoms. The third kappa shape index (κ3) is 2.74. The zero-order valence-electron chi connectivity index (χ0n) is 11.3. The summed E-state index contributed by atoms with van der Waals surface area (Å²) < 4.78 is 5.11. The van der Waals surface area contributed by atoms with Crippen LogP contribution in [0, 0.1) is 0 Å². The smallest absolute Gasteiger partial charge is 0.326 e. The molecule has 6 heteroatoms. The van der Waals surface area contributed by atoms with Gasteiger partial charge in [0.05, 0.1) is 7.11 Å². The Kier molecular flexibility index (Phi) is 3.93. The van der Waals surface area contributed by atoms with Crippen molar-refractivity contribution in [2.24, 2.45) is 0 Å². The van der Waals surface area contributed by atoms with Crippen molar-refractivity contribution >= 4 is 22.8 Å². The van der Waals surface area contributed by atoms with Crippen molar-refractivity contribution in [3.63, 3.8) is 0 Å². The van der Waals surface area contributed by atoms with Crippen LogP contribution in [0.25, 0.3) is 10.9 Å². The third-order valence-electron chi connectivity index (χ3n) is 3.08. The summed E-state index contributed by atoms with van der Waals surface area (Å²) in [6, 6.07) is 6.17. The number of ether oxygens (including phenoxy) is 1. The topological polar surface area (TPSA) is 91.4 Å². The number of carbonyl (C=O) groups excluding carboxylic acids is 1. The van der Waals surface area contributed by atoms with Gasteiger partial charge in [-0.05, 0) is 30.7 Å². The van der Waals surface area contributed by atoms with Crippen molar-refractivity contribution in [1.82, 2.24) is 10.3 Å². The maximum absolute atomic E-state index is 12.0. The predicted octanol–water partition coefficient (Wildman–Crippen LogP) is 1.77. The number of hydrogen-bond acceptors (Lipinski definition) is 3. The van der Waals surface area contributed by atoms with Crippen molar-refractivity contribution in [1.29, 1.82) is 0 Å². The van der Waals surface area contributed by atoms with Crippen LogP contribution in [-0.4, -0.2) is 35.1 Å². The summed E-state index contributed by atoms with van der Waals surface area (Å²) in [5.74, 6) is -0.784. The molecule has 0 spiro atoms. The van der Waals surface area contributed by atoms with Gasteiger partial charge in [0.1, 0.15) is 17.5 Å². The van der Waals surface area contributed by atoms with Crippen LogP contribution in [0.3, 0.4) is 0 Å². The van der Waals surface area contributed by atoms with E-state index in [1.165, 1.54) is 0 Å². The fraction of sp³-hybridized carbons (Fsp3) is 0.286. The number of carboxylic acid groups (broad SMARTS) is 1. The average molecular weight is 276 g/mol. The van der Waals surface area contributed by atoms with Gasteiger partial charge in [-0.2, -0.15) is 0 Å². The van der Waals surface area contributed by atoms with Gasteiger partial charge in [0.2, 0.25) is 0 Å². The van der Waals surface area contributed by atoms with E-state index in [2.05, 4.69) is 10.3 Å². The zero-order valence-corrected chi connectivity index (χ0v) is 11.3. The Balaban J connectivity index is 2.24. The first-order valence-electron chi connectivity index (χ1n) is 6.25. The van der Waals surface area contributed by atoms with E-state index in [1.54, 1.807) is 38.3 Å². The number of nitrogens with one attached hydrogen (secondary N) is 2. The number of benzene rings is 1. The molecular formula is C14H16N2O4. The summed E-state index contributed by atoms with van der Waals surface area (Å²) in [5, 5.41) is 12.2. The second kappa shape index (κ2) is 5.64. The summed E-state index contributed by atoms with van der Waals surface area (Å²) >= 11 is 0. The van der Waals surface area contributed by atoms with Gasteiger partial charge in [-0.25, -0.2) is 4.79 Å². The molecule has 2 rings (SSSR count). The molecule has 0 saturated heterocycles. The highest BCUT2D eigenvalue weighted by molar-refractivity contribution is 5.99. The summed E-state index contributed by atoms with van der Waals surface area (Å²) in [6.07, 6.45) is 0.328. The van der Waals surface area contributed by atoms with Crippen LogP contribution < -0.4 is 10.1 Å². The molecule has 1 amide bonds. The quantitative estimate of drug-likeness (QED) is 0.776. The number of methoxy groups -OCH3 is 1. The Labute approximate surface area is 115 Å². The number of carboxylic acids is 1. The van der Waals surface area contributed by atoms with Crippen molar-refractivity contribution in [3.05, 3.63) is 30.0 Å². The van der Waals surface area contributed by atoms with Gasteiger partial charge >= 0.3 is 5.97 Å².